The molecule has 18 heavy (non-hydrogen) atoms. The summed E-state index contributed by atoms with van der Waals surface area (Å²) >= 11 is 0. The lowest BCUT2D eigenvalue weighted by Gasteiger charge is -2.23. The molecule has 0 amide bonds. The molecule has 0 unspecified atom stereocenters. The first-order valence-corrected chi connectivity index (χ1v) is 8.12. The van der Waals surface area contributed by atoms with E-state index in [0.717, 1.165) is 17.8 Å². The Labute approximate surface area is 108 Å². The molecule has 1 aliphatic heterocycles. The first-order chi connectivity index (χ1) is 8.48. The molecule has 1 saturated heterocycles. The Morgan fingerprint density at radius 3 is 2.61 bits per heavy atom. The predicted octanol–water partition coefficient (Wildman–Crippen LogP) is 1.34. The minimum absolute atomic E-state index is 0.167. The number of aromatic nitrogens is 2. The van der Waals surface area contributed by atoms with Gasteiger partial charge in [-0.05, 0) is 32.3 Å². The molecule has 1 aliphatic rings. The molecule has 5 nitrogen and oxygen atoms in total. The van der Waals surface area contributed by atoms with E-state index in [9.17, 15) is 8.42 Å². The van der Waals surface area contributed by atoms with Crippen LogP contribution in [-0.4, -0.2) is 35.9 Å². The third-order valence-electron chi connectivity index (χ3n) is 3.16. The summed E-state index contributed by atoms with van der Waals surface area (Å²) < 4.78 is 22.7. The number of nitrogens with one attached hydrogen (secondary N) is 1. The lowest BCUT2D eigenvalue weighted by atomic mass is 10.1. The van der Waals surface area contributed by atoms with Gasteiger partial charge in [0.2, 0.25) is 5.95 Å². The van der Waals surface area contributed by atoms with E-state index in [0.29, 0.717) is 18.8 Å². The van der Waals surface area contributed by atoms with E-state index in [1.807, 2.05) is 13.0 Å². The van der Waals surface area contributed by atoms with Crippen molar-refractivity contribution in [3.05, 3.63) is 17.5 Å². The zero-order chi connectivity index (χ0) is 13.2. The van der Waals surface area contributed by atoms with Crippen LogP contribution in [0.2, 0.25) is 0 Å². The maximum absolute atomic E-state index is 11.3. The Balaban J connectivity index is 2.04. The first kappa shape index (κ1) is 13.3. The molecule has 2 rings (SSSR count). The van der Waals surface area contributed by atoms with Crippen molar-refractivity contribution >= 4 is 15.8 Å². The highest BCUT2D eigenvalue weighted by Gasteiger charge is 2.23. The van der Waals surface area contributed by atoms with Gasteiger partial charge in [0.25, 0.3) is 0 Å². The van der Waals surface area contributed by atoms with Crippen molar-refractivity contribution < 1.29 is 8.42 Å². The Kier molecular flexibility index (Phi) is 3.85. The van der Waals surface area contributed by atoms with E-state index in [4.69, 9.17) is 0 Å². The average molecular weight is 269 g/mol. The van der Waals surface area contributed by atoms with Gasteiger partial charge in [-0.3, -0.25) is 0 Å². The van der Waals surface area contributed by atoms with Crippen LogP contribution in [0.5, 0.6) is 0 Å². The fourth-order valence-corrected chi connectivity index (χ4v) is 3.59. The van der Waals surface area contributed by atoms with Gasteiger partial charge in [0.05, 0.1) is 11.5 Å². The standard InChI is InChI=1S/C12H19N3O2S/c1-3-10-8-9(2)13-12(14-10)15-11-4-6-18(16,17)7-5-11/h8,11H,3-7H2,1-2H3,(H,13,14,15). The van der Waals surface area contributed by atoms with Gasteiger partial charge in [0.1, 0.15) is 9.84 Å². The molecule has 0 aromatic carbocycles. The second-order valence-electron chi connectivity index (χ2n) is 4.75. The summed E-state index contributed by atoms with van der Waals surface area (Å²) in [7, 11) is -2.81. The lowest BCUT2D eigenvalue weighted by molar-refractivity contribution is 0.558. The predicted molar refractivity (Wildman–Crippen MR) is 71.4 cm³/mol. The van der Waals surface area contributed by atoms with Crippen molar-refractivity contribution in [2.45, 2.75) is 39.2 Å². The molecule has 1 aromatic heterocycles. The van der Waals surface area contributed by atoms with Crippen LogP contribution >= 0.6 is 0 Å². The van der Waals surface area contributed by atoms with Gasteiger partial charge < -0.3 is 5.32 Å². The zero-order valence-corrected chi connectivity index (χ0v) is 11.6. The van der Waals surface area contributed by atoms with Crippen LogP contribution in [0.1, 0.15) is 31.2 Å². The molecule has 1 aromatic rings. The van der Waals surface area contributed by atoms with Crippen LogP contribution in [-0.2, 0) is 16.3 Å². The summed E-state index contributed by atoms with van der Waals surface area (Å²) in [6.45, 7) is 4.00. The fourth-order valence-electron chi connectivity index (χ4n) is 2.10. The van der Waals surface area contributed by atoms with E-state index in [-0.39, 0.29) is 17.5 Å². The second kappa shape index (κ2) is 5.22. The Morgan fingerprint density at radius 2 is 2.00 bits per heavy atom. The van der Waals surface area contributed by atoms with Gasteiger partial charge in [-0.2, -0.15) is 0 Å². The molecule has 6 heteroatoms. The fraction of sp³-hybridized carbons (Fsp3) is 0.667. The minimum atomic E-state index is -2.81. The molecular formula is C12H19N3O2S. The van der Waals surface area contributed by atoms with Crippen LogP contribution in [0.25, 0.3) is 0 Å². The summed E-state index contributed by atoms with van der Waals surface area (Å²) in [5.74, 6) is 1.14. The number of rotatable bonds is 3. The number of nitrogens with zero attached hydrogens (tertiary/aromatic N) is 2. The Morgan fingerprint density at radius 1 is 1.33 bits per heavy atom. The first-order valence-electron chi connectivity index (χ1n) is 6.30. The smallest absolute Gasteiger partial charge is 0.223 e. The van der Waals surface area contributed by atoms with E-state index in [1.54, 1.807) is 0 Å². The Hall–Kier alpha value is -1.17. The quantitative estimate of drug-likeness (QED) is 0.896. The van der Waals surface area contributed by atoms with Crippen LogP contribution in [0.4, 0.5) is 5.95 Å². The van der Waals surface area contributed by atoms with Gasteiger partial charge in [-0.15, -0.1) is 0 Å². The molecular weight excluding hydrogens is 250 g/mol. The second-order valence-corrected chi connectivity index (χ2v) is 7.05. The summed E-state index contributed by atoms with van der Waals surface area (Å²) in [6, 6.07) is 2.14. The monoisotopic (exact) mass is 269 g/mol. The van der Waals surface area contributed by atoms with Crippen LogP contribution < -0.4 is 5.32 Å². The summed E-state index contributed by atoms with van der Waals surface area (Å²) in [5, 5.41) is 3.25. The maximum atomic E-state index is 11.3. The third kappa shape index (κ3) is 3.41. The number of anilines is 1. The van der Waals surface area contributed by atoms with E-state index in [1.165, 1.54) is 0 Å². The average Bonchev–Trinajstić information content (AvgIpc) is 2.31. The number of aryl methyl sites for hydroxylation is 2. The zero-order valence-electron chi connectivity index (χ0n) is 10.8. The Bertz CT molecular complexity index is 514. The summed E-state index contributed by atoms with van der Waals surface area (Å²) in [6.07, 6.45) is 2.15. The molecule has 0 spiro atoms. The molecule has 0 aliphatic carbocycles. The number of hydrogen-bond donors (Lipinski definition) is 1. The highest BCUT2D eigenvalue weighted by Crippen LogP contribution is 2.16. The van der Waals surface area contributed by atoms with Gasteiger partial charge in [-0.1, -0.05) is 6.92 Å². The molecule has 100 valence electrons. The molecule has 1 N–H and O–H groups in total. The van der Waals surface area contributed by atoms with Gasteiger partial charge in [-0.25, -0.2) is 18.4 Å². The van der Waals surface area contributed by atoms with Gasteiger partial charge >= 0.3 is 0 Å². The third-order valence-corrected chi connectivity index (χ3v) is 4.87. The van der Waals surface area contributed by atoms with Gasteiger partial charge in [0.15, 0.2) is 0 Å². The van der Waals surface area contributed by atoms with Crippen molar-refractivity contribution in [2.75, 3.05) is 16.8 Å². The number of sulfone groups is 1. The topological polar surface area (TPSA) is 72.0 Å². The van der Waals surface area contributed by atoms with Crippen LogP contribution in [0.3, 0.4) is 0 Å². The minimum Gasteiger partial charge on any atom is -0.351 e. The van der Waals surface area contributed by atoms with Crippen LogP contribution in [0, 0.1) is 6.92 Å². The van der Waals surface area contributed by atoms with Crippen molar-refractivity contribution in [1.29, 1.82) is 0 Å². The van der Waals surface area contributed by atoms with Crippen molar-refractivity contribution in [2.24, 2.45) is 0 Å². The number of hydrogen-bond acceptors (Lipinski definition) is 5. The molecule has 0 bridgehead atoms. The van der Waals surface area contributed by atoms with Crippen LogP contribution in [0.15, 0.2) is 6.07 Å². The van der Waals surface area contributed by atoms with E-state index in [2.05, 4.69) is 22.2 Å². The molecule has 0 atom stereocenters. The molecule has 0 radical (unpaired) electrons. The van der Waals surface area contributed by atoms with E-state index >= 15 is 0 Å². The molecule has 1 fully saturated rings. The molecule has 2 heterocycles. The largest absolute Gasteiger partial charge is 0.351 e. The highest BCUT2D eigenvalue weighted by molar-refractivity contribution is 7.91. The SMILES string of the molecule is CCc1cc(C)nc(NC2CCS(=O)(=O)CC2)n1. The van der Waals surface area contributed by atoms with Crippen molar-refractivity contribution in [3.8, 4) is 0 Å². The maximum Gasteiger partial charge on any atom is 0.223 e. The highest BCUT2D eigenvalue weighted by atomic mass is 32.2. The van der Waals surface area contributed by atoms with Gasteiger partial charge in [0, 0.05) is 17.4 Å². The summed E-state index contributed by atoms with van der Waals surface area (Å²) in [5.41, 5.74) is 1.95. The normalized spacial score (nSPS) is 19.7. The lowest BCUT2D eigenvalue weighted by Crippen LogP contribution is -2.32. The van der Waals surface area contributed by atoms with Crippen molar-refractivity contribution in [1.82, 2.24) is 9.97 Å². The summed E-state index contributed by atoms with van der Waals surface area (Å²) in [4.78, 5) is 8.75. The molecule has 0 saturated carbocycles. The van der Waals surface area contributed by atoms with Crippen molar-refractivity contribution in [3.63, 3.8) is 0 Å². The van der Waals surface area contributed by atoms with E-state index < -0.39 is 9.84 Å².